The predicted octanol–water partition coefficient (Wildman–Crippen LogP) is 3.26. The van der Waals surface area contributed by atoms with E-state index >= 15 is 0 Å². The first-order valence-corrected chi connectivity index (χ1v) is 10.6. The Labute approximate surface area is 193 Å². The van der Waals surface area contributed by atoms with Crippen LogP contribution in [0.5, 0.6) is 0 Å². The Morgan fingerprint density at radius 2 is 1.82 bits per heavy atom. The summed E-state index contributed by atoms with van der Waals surface area (Å²) >= 11 is 0. The first-order valence-electron chi connectivity index (χ1n) is 10.6. The lowest BCUT2D eigenvalue weighted by Crippen LogP contribution is -2.33. The zero-order valence-corrected chi connectivity index (χ0v) is 18.5. The molecule has 0 saturated heterocycles. The Kier molecular flexibility index (Phi) is 6.58. The van der Waals surface area contributed by atoms with Gasteiger partial charge in [-0.05, 0) is 49.2 Å². The van der Waals surface area contributed by atoms with Gasteiger partial charge in [0.25, 0.3) is 11.5 Å². The zero-order chi connectivity index (χ0) is 24.2. The summed E-state index contributed by atoms with van der Waals surface area (Å²) in [5.74, 6) is -1.94. The van der Waals surface area contributed by atoms with Crippen LogP contribution in [0.3, 0.4) is 0 Å². The third-order valence-corrected chi connectivity index (χ3v) is 4.98. The van der Waals surface area contributed by atoms with E-state index in [1.54, 1.807) is 6.20 Å². The van der Waals surface area contributed by atoms with Gasteiger partial charge in [-0.3, -0.25) is 19.1 Å². The number of anilines is 1. The lowest BCUT2D eigenvalue weighted by atomic mass is 10.2. The average Bonchev–Trinajstić information content (AvgIpc) is 2.80. The Hall–Kier alpha value is -4.21. The number of carbonyl (C=O) groups excluding carboxylic acids is 1. The van der Waals surface area contributed by atoms with Crippen LogP contribution in [-0.4, -0.2) is 31.5 Å². The highest BCUT2D eigenvalue weighted by atomic mass is 19.2. The summed E-state index contributed by atoms with van der Waals surface area (Å²) in [5.41, 5.74) is 1.79. The van der Waals surface area contributed by atoms with Crippen LogP contribution in [0.25, 0.3) is 11.0 Å². The van der Waals surface area contributed by atoms with Gasteiger partial charge >= 0.3 is 0 Å². The predicted molar refractivity (Wildman–Crippen MR) is 123 cm³/mol. The van der Waals surface area contributed by atoms with Crippen LogP contribution in [0, 0.1) is 11.6 Å². The van der Waals surface area contributed by atoms with Gasteiger partial charge in [0.15, 0.2) is 11.6 Å². The smallest absolute Gasteiger partial charge is 0.266 e. The molecule has 0 atom stereocenters. The number of carbonyl (C=O) groups is 1. The van der Waals surface area contributed by atoms with Gasteiger partial charge in [0.2, 0.25) is 0 Å². The van der Waals surface area contributed by atoms with Crippen molar-refractivity contribution >= 4 is 22.8 Å². The number of hydrogen-bond acceptors (Lipinski definition) is 6. The van der Waals surface area contributed by atoms with Gasteiger partial charge < -0.3 is 10.6 Å². The van der Waals surface area contributed by atoms with Crippen LogP contribution in [0.15, 0.2) is 59.9 Å². The Balaban J connectivity index is 1.48. The molecule has 0 aliphatic heterocycles. The van der Waals surface area contributed by atoms with E-state index in [9.17, 15) is 18.4 Å². The summed E-state index contributed by atoms with van der Waals surface area (Å²) in [5, 5.41) is 5.91. The van der Waals surface area contributed by atoms with E-state index in [0.717, 1.165) is 27.8 Å². The molecule has 174 valence electrons. The molecule has 2 heterocycles. The maximum atomic E-state index is 13.5. The second-order valence-corrected chi connectivity index (χ2v) is 8.05. The molecule has 0 radical (unpaired) electrons. The number of amides is 1. The van der Waals surface area contributed by atoms with Gasteiger partial charge in [-0.25, -0.2) is 18.7 Å². The molecule has 2 aromatic heterocycles. The molecular formula is C24H22F2N6O2. The fourth-order valence-electron chi connectivity index (χ4n) is 3.36. The van der Waals surface area contributed by atoms with Crippen molar-refractivity contribution in [1.82, 2.24) is 24.8 Å². The summed E-state index contributed by atoms with van der Waals surface area (Å²) in [6.45, 7) is 4.11. The first-order chi connectivity index (χ1) is 16.3. The van der Waals surface area contributed by atoms with Crippen molar-refractivity contribution in [2.24, 2.45) is 0 Å². The molecule has 0 unspecified atom stereocenters. The Morgan fingerprint density at radius 1 is 1.03 bits per heavy atom. The third kappa shape index (κ3) is 5.22. The number of rotatable bonds is 7. The second-order valence-electron chi connectivity index (χ2n) is 8.05. The highest BCUT2D eigenvalue weighted by molar-refractivity contribution is 5.93. The number of nitrogens with one attached hydrogen (secondary N) is 2. The number of aromatic nitrogens is 4. The van der Waals surface area contributed by atoms with Gasteiger partial charge in [-0.1, -0.05) is 12.1 Å². The number of halogens is 2. The normalized spacial score (nSPS) is 11.1. The van der Waals surface area contributed by atoms with Crippen LogP contribution in [-0.2, 0) is 13.1 Å². The summed E-state index contributed by atoms with van der Waals surface area (Å²) in [6, 6.07) is 8.99. The molecule has 1 amide bonds. The van der Waals surface area contributed by atoms with Gasteiger partial charge in [0.05, 0.1) is 30.1 Å². The number of hydrogen-bond donors (Lipinski definition) is 2. The molecule has 4 aromatic rings. The molecule has 2 aromatic carbocycles. The SMILES string of the molecule is CC(C)Nc1cnc2ccc(CNC(=O)c3cncn(Cc4ccc(F)c(F)c4)c3=O)cc2n1. The van der Waals surface area contributed by atoms with E-state index in [1.807, 2.05) is 32.0 Å². The minimum absolute atomic E-state index is 0.0553. The molecule has 2 N–H and O–H groups in total. The van der Waals surface area contributed by atoms with E-state index in [-0.39, 0.29) is 24.7 Å². The van der Waals surface area contributed by atoms with Crippen LogP contribution in [0.4, 0.5) is 14.6 Å². The van der Waals surface area contributed by atoms with Crippen molar-refractivity contribution in [3.63, 3.8) is 0 Å². The van der Waals surface area contributed by atoms with E-state index in [0.29, 0.717) is 16.9 Å². The maximum Gasteiger partial charge on any atom is 0.266 e. The molecule has 0 aliphatic carbocycles. The number of benzene rings is 2. The third-order valence-electron chi connectivity index (χ3n) is 4.98. The molecule has 34 heavy (non-hydrogen) atoms. The number of fused-ring (bicyclic) bond motifs is 1. The number of nitrogens with zero attached hydrogens (tertiary/aromatic N) is 4. The van der Waals surface area contributed by atoms with Crippen molar-refractivity contribution in [3.8, 4) is 0 Å². The molecule has 8 nitrogen and oxygen atoms in total. The molecule has 0 aliphatic rings. The summed E-state index contributed by atoms with van der Waals surface area (Å²) in [7, 11) is 0. The van der Waals surface area contributed by atoms with Gasteiger partial charge in [0, 0.05) is 18.8 Å². The summed E-state index contributed by atoms with van der Waals surface area (Å²) < 4.78 is 27.8. The average molecular weight is 464 g/mol. The monoisotopic (exact) mass is 464 g/mol. The minimum atomic E-state index is -1.01. The van der Waals surface area contributed by atoms with Crippen LogP contribution < -0.4 is 16.2 Å². The van der Waals surface area contributed by atoms with Gasteiger partial charge in [0.1, 0.15) is 11.4 Å². The topological polar surface area (TPSA) is 102 Å². The molecule has 0 saturated carbocycles. The van der Waals surface area contributed by atoms with Crippen LogP contribution in [0.1, 0.15) is 35.3 Å². The van der Waals surface area contributed by atoms with E-state index in [1.165, 1.54) is 18.6 Å². The maximum absolute atomic E-state index is 13.5. The highest BCUT2D eigenvalue weighted by Gasteiger charge is 2.14. The van der Waals surface area contributed by atoms with Crippen molar-refractivity contribution in [2.75, 3.05) is 5.32 Å². The van der Waals surface area contributed by atoms with Crippen molar-refractivity contribution in [1.29, 1.82) is 0 Å². The van der Waals surface area contributed by atoms with E-state index < -0.39 is 23.1 Å². The fraction of sp³-hybridized carbons (Fsp3) is 0.208. The van der Waals surface area contributed by atoms with E-state index in [2.05, 4.69) is 25.6 Å². The molecule has 0 fully saturated rings. The summed E-state index contributed by atoms with van der Waals surface area (Å²) in [4.78, 5) is 38.3. The largest absolute Gasteiger partial charge is 0.367 e. The lowest BCUT2D eigenvalue weighted by molar-refractivity contribution is 0.0948. The standard InChI is InChI=1S/C24H22F2N6O2/c1-14(2)30-22-11-28-20-6-4-15(8-21(20)31-22)9-29-23(33)17-10-27-13-32(24(17)34)12-16-3-5-18(25)19(26)7-16/h3-8,10-11,13-14H,9,12H2,1-2H3,(H,29,33)(H,30,31). The van der Waals surface area contributed by atoms with E-state index in [4.69, 9.17) is 0 Å². The minimum Gasteiger partial charge on any atom is -0.367 e. The molecule has 0 spiro atoms. The Morgan fingerprint density at radius 3 is 2.59 bits per heavy atom. The summed E-state index contributed by atoms with van der Waals surface area (Å²) in [6.07, 6.45) is 4.08. The molecule has 4 rings (SSSR count). The van der Waals surface area contributed by atoms with Crippen LogP contribution in [0.2, 0.25) is 0 Å². The highest BCUT2D eigenvalue weighted by Crippen LogP contribution is 2.15. The first kappa shape index (κ1) is 23.0. The van der Waals surface area contributed by atoms with Crippen molar-refractivity contribution in [2.45, 2.75) is 33.0 Å². The molecule has 0 bridgehead atoms. The van der Waals surface area contributed by atoms with Crippen molar-refractivity contribution in [3.05, 3.63) is 93.8 Å². The van der Waals surface area contributed by atoms with Gasteiger partial charge in [-0.15, -0.1) is 0 Å². The lowest BCUT2D eigenvalue weighted by Gasteiger charge is -2.10. The fourth-order valence-corrected chi connectivity index (χ4v) is 3.36. The van der Waals surface area contributed by atoms with Crippen LogP contribution >= 0.6 is 0 Å². The quantitative estimate of drug-likeness (QED) is 0.435. The molecule has 10 heteroatoms. The molecular weight excluding hydrogens is 442 g/mol. The van der Waals surface area contributed by atoms with Gasteiger partial charge in [-0.2, -0.15) is 0 Å². The Bertz CT molecular complexity index is 1420. The second kappa shape index (κ2) is 9.74. The zero-order valence-electron chi connectivity index (χ0n) is 18.5. The van der Waals surface area contributed by atoms with Crippen molar-refractivity contribution < 1.29 is 13.6 Å².